The highest BCUT2D eigenvalue weighted by molar-refractivity contribution is 7.89. The molecule has 0 atom stereocenters. The van der Waals surface area contributed by atoms with Gasteiger partial charge in [-0.05, 0) is 23.6 Å². The van der Waals surface area contributed by atoms with Crippen molar-refractivity contribution in [2.45, 2.75) is 11.4 Å². The largest absolute Gasteiger partial charge is 0.493 e. The van der Waals surface area contributed by atoms with Gasteiger partial charge >= 0.3 is 0 Å². The van der Waals surface area contributed by atoms with Gasteiger partial charge in [-0.2, -0.15) is 9.29 Å². The molecule has 0 saturated carbocycles. The number of rotatable bonds is 9. The molecule has 0 bridgehead atoms. The maximum Gasteiger partial charge on any atom is 0.246 e. The predicted molar refractivity (Wildman–Crippen MR) is 113 cm³/mol. The van der Waals surface area contributed by atoms with Gasteiger partial charge in [0.2, 0.25) is 27.6 Å². The Morgan fingerprint density at radius 2 is 1.90 bits per heavy atom. The van der Waals surface area contributed by atoms with Gasteiger partial charge in [-0.3, -0.25) is 4.79 Å². The summed E-state index contributed by atoms with van der Waals surface area (Å²) in [5, 5.41) is 5.80. The lowest BCUT2D eigenvalue weighted by Crippen LogP contribution is -2.39. The summed E-state index contributed by atoms with van der Waals surface area (Å²) in [6, 6.07) is 7.98. The first kappa shape index (κ1) is 22.7. The molecular weight excluding hydrogens is 444 g/mol. The number of benzene rings is 1. The minimum atomic E-state index is -3.92. The highest BCUT2D eigenvalue weighted by Gasteiger charge is 2.26. The molecule has 10 nitrogen and oxygen atoms in total. The van der Waals surface area contributed by atoms with Gasteiger partial charge in [0.05, 0.1) is 37.1 Å². The molecule has 1 aromatic carbocycles. The Kier molecular flexibility index (Phi) is 6.93. The molecule has 3 rings (SSSR count). The maximum absolute atomic E-state index is 12.9. The zero-order chi connectivity index (χ0) is 22.6. The molecule has 31 heavy (non-hydrogen) atoms. The number of hydrogen-bond acceptors (Lipinski definition) is 9. The van der Waals surface area contributed by atoms with Crippen LogP contribution in [-0.4, -0.2) is 68.5 Å². The topological polar surface area (TPSA) is 115 Å². The molecule has 0 aliphatic carbocycles. The average molecular weight is 467 g/mol. The fourth-order valence-electron chi connectivity index (χ4n) is 2.67. The quantitative estimate of drug-likeness (QED) is 0.471. The van der Waals surface area contributed by atoms with Crippen molar-refractivity contribution in [2.75, 3.05) is 34.9 Å². The van der Waals surface area contributed by atoms with Gasteiger partial charge in [-0.1, -0.05) is 11.2 Å². The third-order valence-electron chi connectivity index (χ3n) is 4.43. The molecule has 0 saturated heterocycles. The van der Waals surface area contributed by atoms with Crippen molar-refractivity contribution in [3.05, 3.63) is 41.6 Å². The number of likely N-dealkylation sites (N-methyl/N-ethyl adjacent to an activating group) is 2. The molecule has 2 aromatic heterocycles. The third kappa shape index (κ3) is 5.03. The summed E-state index contributed by atoms with van der Waals surface area (Å²) < 4.78 is 42.2. The zero-order valence-corrected chi connectivity index (χ0v) is 19.1. The van der Waals surface area contributed by atoms with E-state index in [2.05, 4.69) is 10.1 Å². The van der Waals surface area contributed by atoms with Crippen molar-refractivity contribution in [1.29, 1.82) is 0 Å². The van der Waals surface area contributed by atoms with Crippen molar-refractivity contribution in [1.82, 2.24) is 19.3 Å². The molecule has 0 spiro atoms. The second-order valence-corrected chi connectivity index (χ2v) is 9.51. The van der Waals surface area contributed by atoms with Crippen LogP contribution in [-0.2, 0) is 21.4 Å². The van der Waals surface area contributed by atoms with Crippen LogP contribution >= 0.6 is 11.3 Å². The van der Waals surface area contributed by atoms with Crippen LogP contribution in [0.5, 0.6) is 11.5 Å². The van der Waals surface area contributed by atoms with Crippen LogP contribution in [0.3, 0.4) is 0 Å². The summed E-state index contributed by atoms with van der Waals surface area (Å²) in [4.78, 5) is 19.0. The van der Waals surface area contributed by atoms with E-state index in [1.165, 1.54) is 62.8 Å². The van der Waals surface area contributed by atoms with Crippen LogP contribution in [0.1, 0.15) is 5.89 Å². The highest BCUT2D eigenvalue weighted by atomic mass is 32.2. The van der Waals surface area contributed by atoms with E-state index in [0.717, 1.165) is 9.18 Å². The van der Waals surface area contributed by atoms with Crippen molar-refractivity contribution in [3.63, 3.8) is 0 Å². The normalized spacial score (nSPS) is 11.5. The van der Waals surface area contributed by atoms with Crippen LogP contribution in [0.25, 0.3) is 10.7 Å². The van der Waals surface area contributed by atoms with Crippen molar-refractivity contribution in [2.24, 2.45) is 0 Å². The predicted octanol–water partition coefficient (Wildman–Crippen LogP) is 2.09. The number of thiophene rings is 1. The number of hydrogen-bond donors (Lipinski definition) is 0. The first-order chi connectivity index (χ1) is 14.8. The lowest BCUT2D eigenvalue weighted by Gasteiger charge is -2.21. The van der Waals surface area contributed by atoms with Gasteiger partial charge in [-0.15, -0.1) is 11.3 Å². The van der Waals surface area contributed by atoms with E-state index < -0.39 is 15.9 Å². The second-order valence-electron chi connectivity index (χ2n) is 6.52. The molecule has 0 aliphatic rings. The van der Waals surface area contributed by atoms with E-state index in [9.17, 15) is 13.2 Å². The zero-order valence-electron chi connectivity index (χ0n) is 17.4. The number of carbonyl (C=O) groups excluding carboxylic acids is 1. The standard InChI is InChI=1S/C19H22N4O6S2/c1-22(11-17-20-19(21-29-17)16-6-5-9-30-16)18(24)12-23(2)31(25,26)13-7-8-14(27-3)15(10-13)28-4/h5-10H,11-12H2,1-4H3. The molecule has 3 aromatic rings. The van der Waals surface area contributed by atoms with Crippen LogP contribution in [0.4, 0.5) is 0 Å². The number of amides is 1. The van der Waals surface area contributed by atoms with Crippen molar-refractivity contribution in [3.8, 4) is 22.2 Å². The summed E-state index contributed by atoms with van der Waals surface area (Å²) in [6.07, 6.45) is 0. The molecule has 2 heterocycles. The van der Waals surface area contributed by atoms with Gasteiger partial charge in [0.15, 0.2) is 11.5 Å². The molecular formula is C19H22N4O6S2. The number of nitrogens with zero attached hydrogens (tertiary/aromatic N) is 4. The van der Waals surface area contributed by atoms with Crippen molar-refractivity contribution < 1.29 is 27.2 Å². The fourth-order valence-corrected chi connectivity index (χ4v) is 4.45. The molecule has 0 unspecified atom stereocenters. The Labute approximate surface area is 184 Å². The molecule has 0 N–H and O–H groups in total. The molecule has 0 aliphatic heterocycles. The fraction of sp³-hybridized carbons (Fsp3) is 0.316. The average Bonchev–Trinajstić information content (AvgIpc) is 3.44. The number of aromatic nitrogens is 2. The smallest absolute Gasteiger partial charge is 0.246 e. The van der Waals surface area contributed by atoms with Gasteiger partial charge < -0.3 is 18.9 Å². The van der Waals surface area contributed by atoms with Crippen LogP contribution in [0.15, 0.2) is 45.1 Å². The Morgan fingerprint density at radius 3 is 2.55 bits per heavy atom. The lowest BCUT2D eigenvalue weighted by atomic mass is 10.3. The molecule has 0 radical (unpaired) electrons. The van der Waals surface area contributed by atoms with Crippen LogP contribution < -0.4 is 9.47 Å². The molecule has 1 amide bonds. The number of ether oxygens (including phenoxy) is 2. The number of sulfonamides is 1. The summed E-state index contributed by atoms with van der Waals surface area (Å²) in [7, 11) is 1.82. The lowest BCUT2D eigenvalue weighted by molar-refractivity contribution is -0.130. The van der Waals surface area contributed by atoms with E-state index in [-0.39, 0.29) is 29.6 Å². The summed E-state index contributed by atoms with van der Waals surface area (Å²) in [6.45, 7) is -0.305. The molecule has 12 heteroatoms. The first-order valence-electron chi connectivity index (χ1n) is 9.05. The molecule has 0 fully saturated rings. The third-order valence-corrected chi connectivity index (χ3v) is 7.09. The van der Waals surface area contributed by atoms with Gasteiger partial charge in [-0.25, -0.2) is 8.42 Å². The highest BCUT2D eigenvalue weighted by Crippen LogP contribution is 2.30. The molecule has 166 valence electrons. The van der Waals surface area contributed by atoms with E-state index in [1.54, 1.807) is 0 Å². The Hall–Kier alpha value is -2.96. The minimum Gasteiger partial charge on any atom is -0.493 e. The van der Waals surface area contributed by atoms with Gasteiger partial charge in [0, 0.05) is 20.2 Å². The van der Waals surface area contributed by atoms with Gasteiger partial charge in [0.25, 0.3) is 0 Å². The summed E-state index contributed by atoms with van der Waals surface area (Å²) in [5.41, 5.74) is 0. The van der Waals surface area contributed by atoms with E-state index in [4.69, 9.17) is 14.0 Å². The maximum atomic E-state index is 12.9. The SMILES string of the molecule is COc1ccc(S(=O)(=O)N(C)CC(=O)N(C)Cc2nc(-c3cccs3)no2)cc1OC. The Balaban J connectivity index is 1.66. The van der Waals surface area contributed by atoms with Crippen molar-refractivity contribution >= 4 is 27.3 Å². The number of carbonyl (C=O) groups is 1. The monoisotopic (exact) mass is 466 g/mol. The first-order valence-corrected chi connectivity index (χ1v) is 11.4. The summed E-state index contributed by atoms with van der Waals surface area (Å²) in [5.74, 6) is 0.950. The van der Waals surface area contributed by atoms with E-state index >= 15 is 0 Å². The van der Waals surface area contributed by atoms with Crippen LogP contribution in [0.2, 0.25) is 0 Å². The summed E-state index contributed by atoms with van der Waals surface area (Å²) >= 11 is 1.47. The van der Waals surface area contributed by atoms with Crippen LogP contribution in [0, 0.1) is 0 Å². The van der Waals surface area contributed by atoms with E-state index in [0.29, 0.717) is 11.6 Å². The second kappa shape index (κ2) is 9.45. The Morgan fingerprint density at radius 1 is 1.16 bits per heavy atom. The van der Waals surface area contributed by atoms with E-state index in [1.807, 2.05) is 17.5 Å². The Bertz CT molecular complexity index is 1140. The minimum absolute atomic E-state index is 0.0133. The number of methoxy groups -OCH3 is 2. The van der Waals surface area contributed by atoms with Gasteiger partial charge in [0.1, 0.15) is 0 Å².